The van der Waals surface area contributed by atoms with Crippen LogP contribution in [-0.2, 0) is 14.8 Å². The van der Waals surface area contributed by atoms with Crippen LogP contribution in [0.5, 0.6) is 0 Å². The van der Waals surface area contributed by atoms with Crippen LogP contribution in [0.15, 0.2) is 0 Å². The number of sulfonamides is 1. The molecule has 0 aliphatic carbocycles. The standard InChI is InChI=1S/C10H20N2O3S/c1-2-10(11)7-12(8-10)16(13,14)9-3-5-15-6-4-9/h9H,2-8,11H2,1H3. The lowest BCUT2D eigenvalue weighted by molar-refractivity contribution is 0.0935. The molecule has 0 bridgehead atoms. The van der Waals surface area contributed by atoms with Gasteiger partial charge < -0.3 is 10.5 Å². The highest BCUT2D eigenvalue weighted by Gasteiger charge is 2.46. The van der Waals surface area contributed by atoms with Gasteiger partial charge in [0, 0.05) is 31.8 Å². The van der Waals surface area contributed by atoms with Crippen molar-refractivity contribution in [2.24, 2.45) is 5.73 Å². The lowest BCUT2D eigenvalue weighted by Crippen LogP contribution is -2.69. The van der Waals surface area contributed by atoms with Gasteiger partial charge in [0.05, 0.1) is 5.25 Å². The van der Waals surface area contributed by atoms with E-state index in [9.17, 15) is 8.42 Å². The number of nitrogens with two attached hydrogens (primary N) is 1. The van der Waals surface area contributed by atoms with Crippen molar-refractivity contribution in [1.29, 1.82) is 0 Å². The minimum atomic E-state index is -3.13. The van der Waals surface area contributed by atoms with Crippen LogP contribution in [-0.4, -0.2) is 49.8 Å². The van der Waals surface area contributed by atoms with Crippen LogP contribution in [0.1, 0.15) is 26.2 Å². The molecule has 0 amide bonds. The number of hydrogen-bond acceptors (Lipinski definition) is 4. The summed E-state index contributed by atoms with van der Waals surface area (Å²) >= 11 is 0. The van der Waals surface area contributed by atoms with E-state index in [2.05, 4.69) is 0 Å². The van der Waals surface area contributed by atoms with E-state index in [0.717, 1.165) is 6.42 Å². The second-order valence-electron chi connectivity index (χ2n) is 4.84. The van der Waals surface area contributed by atoms with Gasteiger partial charge in [-0.05, 0) is 19.3 Å². The molecule has 0 unspecified atom stereocenters. The zero-order valence-electron chi connectivity index (χ0n) is 9.68. The van der Waals surface area contributed by atoms with Crippen LogP contribution < -0.4 is 5.73 Å². The van der Waals surface area contributed by atoms with Crippen LogP contribution in [0.3, 0.4) is 0 Å². The fraction of sp³-hybridized carbons (Fsp3) is 1.00. The molecule has 2 fully saturated rings. The summed E-state index contributed by atoms with van der Waals surface area (Å²) in [5.74, 6) is 0. The molecule has 2 aliphatic rings. The van der Waals surface area contributed by atoms with E-state index in [1.54, 1.807) is 0 Å². The molecule has 5 nitrogen and oxygen atoms in total. The average Bonchev–Trinajstić information content (AvgIpc) is 2.26. The molecule has 0 spiro atoms. The molecular formula is C10H20N2O3S. The maximum atomic E-state index is 12.2. The van der Waals surface area contributed by atoms with Crippen molar-refractivity contribution in [1.82, 2.24) is 4.31 Å². The maximum absolute atomic E-state index is 12.2. The minimum Gasteiger partial charge on any atom is -0.381 e. The smallest absolute Gasteiger partial charge is 0.217 e. The monoisotopic (exact) mass is 248 g/mol. The Hall–Kier alpha value is -0.170. The zero-order valence-corrected chi connectivity index (χ0v) is 10.5. The number of nitrogens with zero attached hydrogens (tertiary/aromatic N) is 1. The van der Waals surface area contributed by atoms with Crippen LogP contribution in [0, 0.1) is 0 Å². The Kier molecular flexibility index (Phi) is 3.27. The first kappa shape index (κ1) is 12.3. The highest BCUT2D eigenvalue weighted by atomic mass is 32.2. The van der Waals surface area contributed by atoms with Gasteiger partial charge >= 0.3 is 0 Å². The van der Waals surface area contributed by atoms with E-state index in [1.807, 2.05) is 6.92 Å². The lowest BCUT2D eigenvalue weighted by Gasteiger charge is -2.47. The molecule has 2 saturated heterocycles. The van der Waals surface area contributed by atoms with Crippen molar-refractivity contribution in [3.05, 3.63) is 0 Å². The number of rotatable bonds is 3. The van der Waals surface area contributed by atoms with E-state index in [1.165, 1.54) is 4.31 Å². The van der Waals surface area contributed by atoms with Gasteiger partial charge in [0.25, 0.3) is 0 Å². The summed E-state index contributed by atoms with van der Waals surface area (Å²) in [5.41, 5.74) is 5.69. The summed E-state index contributed by atoms with van der Waals surface area (Å²) in [5, 5.41) is -0.261. The van der Waals surface area contributed by atoms with E-state index < -0.39 is 10.0 Å². The van der Waals surface area contributed by atoms with E-state index in [0.29, 0.717) is 39.1 Å². The third kappa shape index (κ3) is 2.11. The number of hydrogen-bond donors (Lipinski definition) is 1. The molecule has 0 aromatic rings. The highest BCUT2D eigenvalue weighted by molar-refractivity contribution is 7.89. The Labute approximate surface area is 97.0 Å². The average molecular weight is 248 g/mol. The third-order valence-corrected chi connectivity index (χ3v) is 5.93. The Morgan fingerprint density at radius 1 is 1.38 bits per heavy atom. The van der Waals surface area contributed by atoms with Crippen molar-refractivity contribution in [3.8, 4) is 0 Å². The summed E-state index contributed by atoms with van der Waals surface area (Å²) in [6.07, 6.45) is 2.05. The second kappa shape index (κ2) is 4.25. The van der Waals surface area contributed by atoms with Gasteiger partial charge in [0.1, 0.15) is 0 Å². The van der Waals surface area contributed by atoms with Gasteiger partial charge in [-0.2, -0.15) is 4.31 Å². The quantitative estimate of drug-likeness (QED) is 0.758. The summed E-state index contributed by atoms with van der Waals surface area (Å²) in [4.78, 5) is 0. The van der Waals surface area contributed by atoms with E-state index in [-0.39, 0.29) is 10.8 Å². The molecule has 0 aromatic heterocycles. The van der Waals surface area contributed by atoms with Gasteiger partial charge in [-0.15, -0.1) is 0 Å². The predicted octanol–water partition coefficient (Wildman–Crippen LogP) is -0.0817. The van der Waals surface area contributed by atoms with Crippen LogP contribution in [0.25, 0.3) is 0 Å². The molecule has 0 atom stereocenters. The normalized spacial score (nSPS) is 27.6. The second-order valence-corrected chi connectivity index (χ2v) is 7.05. The van der Waals surface area contributed by atoms with Crippen molar-refractivity contribution in [2.45, 2.75) is 37.0 Å². The molecule has 0 aromatic carbocycles. The summed E-state index contributed by atoms with van der Waals surface area (Å²) in [6, 6.07) is 0. The van der Waals surface area contributed by atoms with Crippen molar-refractivity contribution >= 4 is 10.0 Å². The fourth-order valence-corrected chi connectivity index (χ4v) is 4.33. The topological polar surface area (TPSA) is 72.6 Å². The van der Waals surface area contributed by atoms with Gasteiger partial charge in [0.15, 0.2) is 0 Å². The molecule has 2 heterocycles. The van der Waals surface area contributed by atoms with Crippen molar-refractivity contribution in [2.75, 3.05) is 26.3 Å². The van der Waals surface area contributed by atoms with E-state index >= 15 is 0 Å². The summed E-state index contributed by atoms with van der Waals surface area (Å²) in [7, 11) is -3.13. The van der Waals surface area contributed by atoms with Crippen molar-refractivity contribution < 1.29 is 13.2 Å². The molecule has 0 radical (unpaired) electrons. The molecular weight excluding hydrogens is 228 g/mol. The Morgan fingerprint density at radius 3 is 2.44 bits per heavy atom. The minimum absolute atomic E-state index is 0.261. The van der Waals surface area contributed by atoms with Gasteiger partial charge in [-0.3, -0.25) is 0 Å². The van der Waals surface area contributed by atoms with E-state index in [4.69, 9.17) is 10.5 Å². The first-order valence-corrected chi connectivity index (χ1v) is 7.34. The summed E-state index contributed by atoms with van der Waals surface area (Å²) in [6.45, 7) is 4.06. The van der Waals surface area contributed by atoms with Gasteiger partial charge in [-0.25, -0.2) is 8.42 Å². The molecule has 16 heavy (non-hydrogen) atoms. The summed E-state index contributed by atoms with van der Waals surface area (Å²) < 4.78 is 31.1. The molecule has 0 saturated carbocycles. The molecule has 2 aliphatic heterocycles. The van der Waals surface area contributed by atoms with Crippen LogP contribution >= 0.6 is 0 Å². The Morgan fingerprint density at radius 2 is 1.94 bits per heavy atom. The molecule has 2 N–H and O–H groups in total. The Balaban J connectivity index is 1.99. The Bertz CT molecular complexity index is 343. The fourth-order valence-electron chi connectivity index (χ4n) is 2.24. The van der Waals surface area contributed by atoms with Gasteiger partial charge in [0.2, 0.25) is 10.0 Å². The van der Waals surface area contributed by atoms with Crippen LogP contribution in [0.4, 0.5) is 0 Å². The lowest BCUT2D eigenvalue weighted by atomic mass is 9.91. The van der Waals surface area contributed by atoms with Crippen molar-refractivity contribution in [3.63, 3.8) is 0 Å². The first-order chi connectivity index (χ1) is 7.48. The number of ether oxygens (including phenoxy) is 1. The largest absolute Gasteiger partial charge is 0.381 e. The predicted molar refractivity (Wildman–Crippen MR) is 61.5 cm³/mol. The third-order valence-electron chi connectivity index (χ3n) is 3.64. The molecule has 94 valence electrons. The van der Waals surface area contributed by atoms with Crippen LogP contribution in [0.2, 0.25) is 0 Å². The van der Waals surface area contributed by atoms with Gasteiger partial charge in [-0.1, -0.05) is 6.92 Å². The zero-order chi connectivity index (χ0) is 11.8. The first-order valence-electron chi connectivity index (χ1n) is 5.83. The maximum Gasteiger partial charge on any atom is 0.217 e. The molecule has 6 heteroatoms. The molecule has 2 rings (SSSR count). The SMILES string of the molecule is CCC1(N)CN(S(=O)(=O)C2CCOCC2)C1. The highest BCUT2D eigenvalue weighted by Crippen LogP contribution is 2.29.